The number of hydrogen-bond donors (Lipinski definition) is 0. The normalized spacial score (nSPS) is 20.9. The van der Waals surface area contributed by atoms with Crippen molar-refractivity contribution in [2.45, 2.75) is 26.7 Å². The molecule has 1 heterocycles. The lowest BCUT2D eigenvalue weighted by Crippen LogP contribution is -2.28. The molecule has 0 saturated carbocycles. The number of para-hydroxylation sites is 1. The highest BCUT2D eigenvalue weighted by Gasteiger charge is 2.35. The van der Waals surface area contributed by atoms with Gasteiger partial charge in [-0.3, -0.25) is 4.79 Å². The highest BCUT2D eigenvalue weighted by Crippen LogP contribution is 2.45. The van der Waals surface area contributed by atoms with Gasteiger partial charge in [-0.25, -0.2) is 0 Å². The second-order valence-electron chi connectivity index (χ2n) is 6.38. The zero-order valence-electron chi connectivity index (χ0n) is 12.5. The van der Waals surface area contributed by atoms with Gasteiger partial charge in [0.1, 0.15) is 12.4 Å². The number of allylic oxidation sites excluding steroid dienone is 1. The first-order chi connectivity index (χ1) is 10.1. The maximum absolute atomic E-state index is 12.5. The van der Waals surface area contributed by atoms with Crippen LogP contribution in [-0.4, -0.2) is 18.1 Å². The number of Topliss-reactive ketones (excluding diaryl/α,β-unsaturated/α-hetero) is 1. The van der Waals surface area contributed by atoms with E-state index < -0.39 is 0 Å². The highest BCUT2D eigenvalue weighted by molar-refractivity contribution is 8.03. The third-order valence-corrected chi connectivity index (χ3v) is 4.91. The van der Waals surface area contributed by atoms with Gasteiger partial charge in [-0.15, -0.1) is 11.8 Å². The first kappa shape index (κ1) is 14.5. The molecule has 0 saturated heterocycles. The summed E-state index contributed by atoms with van der Waals surface area (Å²) in [5.74, 6) is 2.06. The van der Waals surface area contributed by atoms with Crippen LogP contribution in [0.3, 0.4) is 0 Å². The van der Waals surface area contributed by atoms with Crippen molar-refractivity contribution < 1.29 is 9.53 Å². The van der Waals surface area contributed by atoms with Crippen LogP contribution in [0.15, 0.2) is 52.5 Å². The van der Waals surface area contributed by atoms with Crippen LogP contribution in [0.25, 0.3) is 0 Å². The van der Waals surface area contributed by atoms with Crippen LogP contribution in [0.5, 0.6) is 5.75 Å². The molecule has 3 heteroatoms. The molecule has 0 spiro atoms. The molecule has 0 fully saturated rings. The summed E-state index contributed by atoms with van der Waals surface area (Å²) in [6.07, 6.45) is 3.78. The molecule has 2 nitrogen and oxygen atoms in total. The summed E-state index contributed by atoms with van der Waals surface area (Å²) < 4.78 is 5.83. The molecule has 1 aliphatic heterocycles. The summed E-state index contributed by atoms with van der Waals surface area (Å²) in [4.78, 5) is 13.8. The first-order valence-electron chi connectivity index (χ1n) is 7.32. The number of ether oxygens (including phenoxy) is 1. The third-order valence-electron chi connectivity index (χ3n) is 3.88. The van der Waals surface area contributed by atoms with Crippen LogP contribution in [0, 0.1) is 5.41 Å². The van der Waals surface area contributed by atoms with Gasteiger partial charge in [0.2, 0.25) is 0 Å². The zero-order chi connectivity index (χ0) is 14.9. The molecule has 1 aromatic carbocycles. The Hall–Kier alpha value is -1.48. The van der Waals surface area contributed by atoms with E-state index in [1.54, 1.807) is 11.8 Å². The van der Waals surface area contributed by atoms with Gasteiger partial charge in [-0.1, -0.05) is 38.1 Å². The molecule has 0 atom stereocenters. The second-order valence-corrected chi connectivity index (χ2v) is 7.50. The molecule has 0 N–H and O–H groups in total. The molecule has 3 rings (SSSR count). The van der Waals surface area contributed by atoms with Crippen LogP contribution in [-0.2, 0) is 4.79 Å². The summed E-state index contributed by atoms with van der Waals surface area (Å²) in [7, 11) is 0. The molecule has 110 valence electrons. The van der Waals surface area contributed by atoms with Gasteiger partial charge in [0, 0.05) is 17.7 Å². The van der Waals surface area contributed by atoms with Gasteiger partial charge in [0.25, 0.3) is 0 Å². The van der Waals surface area contributed by atoms with E-state index >= 15 is 0 Å². The molecule has 2 aliphatic rings. The maximum Gasteiger partial charge on any atom is 0.164 e. The van der Waals surface area contributed by atoms with Crippen molar-refractivity contribution in [2.24, 2.45) is 5.41 Å². The van der Waals surface area contributed by atoms with Gasteiger partial charge in [0.15, 0.2) is 5.78 Å². The number of carbonyl (C=O) groups is 1. The topological polar surface area (TPSA) is 26.3 Å². The summed E-state index contributed by atoms with van der Waals surface area (Å²) >= 11 is 1.81. The Morgan fingerprint density at radius 1 is 1.19 bits per heavy atom. The Kier molecular flexibility index (Phi) is 3.94. The minimum Gasteiger partial charge on any atom is -0.489 e. The summed E-state index contributed by atoms with van der Waals surface area (Å²) in [5.41, 5.74) is 2.08. The van der Waals surface area contributed by atoms with E-state index in [2.05, 4.69) is 19.9 Å². The fraction of sp³-hybridized carbons (Fsp3) is 0.389. The smallest absolute Gasteiger partial charge is 0.164 e. The van der Waals surface area contributed by atoms with E-state index in [4.69, 9.17) is 4.74 Å². The number of benzene rings is 1. The molecule has 0 amide bonds. The second kappa shape index (κ2) is 5.72. The molecule has 0 aromatic heterocycles. The minimum atomic E-state index is 0.0889. The Labute approximate surface area is 130 Å². The summed E-state index contributed by atoms with van der Waals surface area (Å²) in [6.45, 7) is 4.83. The van der Waals surface area contributed by atoms with Crippen LogP contribution in [0.2, 0.25) is 0 Å². The highest BCUT2D eigenvalue weighted by atomic mass is 32.2. The summed E-state index contributed by atoms with van der Waals surface area (Å²) in [5, 5.41) is 0. The lowest BCUT2D eigenvalue weighted by atomic mass is 9.76. The van der Waals surface area contributed by atoms with Crippen molar-refractivity contribution in [3.05, 3.63) is 52.5 Å². The summed E-state index contributed by atoms with van der Waals surface area (Å²) in [6, 6.07) is 9.77. The lowest BCUT2D eigenvalue weighted by molar-refractivity contribution is -0.117. The molecule has 0 unspecified atom stereocenters. The molecule has 1 aromatic rings. The average molecular weight is 300 g/mol. The zero-order valence-corrected chi connectivity index (χ0v) is 13.3. The van der Waals surface area contributed by atoms with E-state index in [9.17, 15) is 4.79 Å². The Bertz CT molecular complexity index is 611. The number of rotatable bonds is 3. The number of carbonyl (C=O) groups excluding carboxylic acids is 1. The van der Waals surface area contributed by atoms with Crippen molar-refractivity contribution in [3.8, 4) is 5.75 Å². The van der Waals surface area contributed by atoms with Crippen LogP contribution >= 0.6 is 11.8 Å². The van der Waals surface area contributed by atoms with Crippen molar-refractivity contribution in [1.82, 2.24) is 0 Å². The number of hydrogen-bond acceptors (Lipinski definition) is 3. The molecular formula is C18H20O2S. The largest absolute Gasteiger partial charge is 0.489 e. The Balaban J connectivity index is 1.78. The van der Waals surface area contributed by atoms with Crippen LogP contribution in [0.4, 0.5) is 0 Å². The molecule has 0 radical (unpaired) electrons. The van der Waals surface area contributed by atoms with Gasteiger partial charge in [-0.05, 0) is 34.4 Å². The fourth-order valence-electron chi connectivity index (χ4n) is 2.90. The number of thioether (sulfide) groups is 1. The quantitative estimate of drug-likeness (QED) is 0.828. The van der Waals surface area contributed by atoms with E-state index in [0.29, 0.717) is 13.0 Å². The van der Waals surface area contributed by atoms with Gasteiger partial charge < -0.3 is 4.74 Å². The minimum absolute atomic E-state index is 0.0889. The van der Waals surface area contributed by atoms with Crippen molar-refractivity contribution in [1.29, 1.82) is 0 Å². The van der Waals surface area contributed by atoms with Crippen LogP contribution in [0.1, 0.15) is 26.7 Å². The Morgan fingerprint density at radius 2 is 1.95 bits per heavy atom. The van der Waals surface area contributed by atoms with E-state index in [0.717, 1.165) is 29.1 Å². The first-order valence-corrected chi connectivity index (χ1v) is 8.30. The predicted octanol–water partition coefficient (Wildman–Crippen LogP) is 4.38. The van der Waals surface area contributed by atoms with Gasteiger partial charge in [-0.2, -0.15) is 0 Å². The monoisotopic (exact) mass is 300 g/mol. The average Bonchev–Trinajstić information content (AvgIpc) is 2.44. The van der Waals surface area contributed by atoms with Gasteiger partial charge in [0.05, 0.1) is 0 Å². The van der Waals surface area contributed by atoms with Crippen LogP contribution < -0.4 is 4.74 Å². The standard InChI is InChI=1S/C18H20O2S/c1-18(2)10-15(19)17-13(8-9-21-16(17)11-18)12-20-14-6-4-3-5-7-14/h3-8H,9-12H2,1-2H3. The van der Waals surface area contributed by atoms with E-state index in [-0.39, 0.29) is 11.2 Å². The van der Waals surface area contributed by atoms with Crippen molar-refractivity contribution in [3.63, 3.8) is 0 Å². The Morgan fingerprint density at radius 3 is 2.71 bits per heavy atom. The van der Waals surface area contributed by atoms with Crippen molar-refractivity contribution >= 4 is 17.5 Å². The van der Waals surface area contributed by atoms with Gasteiger partial charge >= 0.3 is 0 Å². The van der Waals surface area contributed by atoms with E-state index in [1.807, 2.05) is 30.3 Å². The maximum atomic E-state index is 12.5. The molecular weight excluding hydrogens is 280 g/mol. The van der Waals surface area contributed by atoms with E-state index in [1.165, 1.54) is 4.91 Å². The number of ketones is 1. The third kappa shape index (κ3) is 3.24. The molecule has 21 heavy (non-hydrogen) atoms. The molecule has 0 bridgehead atoms. The predicted molar refractivity (Wildman–Crippen MR) is 87.5 cm³/mol. The lowest BCUT2D eigenvalue weighted by Gasteiger charge is -2.34. The molecule has 1 aliphatic carbocycles. The SMILES string of the molecule is CC1(C)CC(=O)C2=C(C1)SCC=C2COc1ccccc1. The fourth-order valence-corrected chi connectivity index (χ4v) is 4.27. The van der Waals surface area contributed by atoms with Crippen molar-refractivity contribution in [2.75, 3.05) is 12.4 Å².